The number of hydrogen-bond donors (Lipinski definition) is 1. The normalized spacial score (nSPS) is 20.4. The number of fused-ring (bicyclic) bond motifs is 1. The van der Waals surface area contributed by atoms with E-state index >= 15 is 0 Å². The number of nitrogens with zero attached hydrogens (tertiary/aromatic N) is 1. The zero-order valence-corrected chi connectivity index (χ0v) is 12.9. The SMILES string of the molecule is CC(NS(=O)(=O)N1CCCC1)c1ccc2c(c1)OCCO2. The molecule has 7 heteroatoms. The lowest BCUT2D eigenvalue weighted by molar-refractivity contribution is 0.171. The van der Waals surface area contributed by atoms with Crippen molar-refractivity contribution >= 4 is 10.2 Å². The van der Waals surface area contributed by atoms with Gasteiger partial charge in [-0.3, -0.25) is 0 Å². The monoisotopic (exact) mass is 312 g/mol. The van der Waals surface area contributed by atoms with Crippen molar-refractivity contribution in [3.8, 4) is 11.5 Å². The lowest BCUT2D eigenvalue weighted by Crippen LogP contribution is -2.40. The van der Waals surface area contributed by atoms with Gasteiger partial charge in [-0.1, -0.05) is 6.07 Å². The lowest BCUT2D eigenvalue weighted by atomic mass is 10.1. The molecule has 2 aliphatic rings. The molecule has 0 amide bonds. The lowest BCUT2D eigenvalue weighted by Gasteiger charge is -2.23. The van der Waals surface area contributed by atoms with Gasteiger partial charge in [-0.25, -0.2) is 0 Å². The van der Waals surface area contributed by atoms with Crippen molar-refractivity contribution in [1.82, 2.24) is 9.03 Å². The molecular weight excluding hydrogens is 292 g/mol. The number of rotatable bonds is 4. The average molecular weight is 312 g/mol. The Morgan fingerprint density at radius 1 is 1.14 bits per heavy atom. The second-order valence-electron chi connectivity index (χ2n) is 5.35. The van der Waals surface area contributed by atoms with Crippen LogP contribution in [0.15, 0.2) is 18.2 Å². The van der Waals surface area contributed by atoms with Gasteiger partial charge < -0.3 is 9.47 Å². The van der Waals surface area contributed by atoms with Crippen LogP contribution in [0.2, 0.25) is 0 Å². The van der Waals surface area contributed by atoms with Gasteiger partial charge in [-0.05, 0) is 37.5 Å². The van der Waals surface area contributed by atoms with E-state index in [0.29, 0.717) is 37.8 Å². The van der Waals surface area contributed by atoms with Crippen molar-refractivity contribution < 1.29 is 17.9 Å². The largest absolute Gasteiger partial charge is 0.486 e. The summed E-state index contributed by atoms with van der Waals surface area (Å²) in [6.45, 7) is 4.10. The van der Waals surface area contributed by atoms with E-state index in [2.05, 4.69) is 4.72 Å². The Morgan fingerprint density at radius 2 is 1.81 bits per heavy atom. The van der Waals surface area contributed by atoms with Crippen molar-refractivity contribution in [2.24, 2.45) is 0 Å². The molecule has 21 heavy (non-hydrogen) atoms. The van der Waals surface area contributed by atoms with Crippen molar-refractivity contribution in [2.45, 2.75) is 25.8 Å². The molecule has 0 aromatic heterocycles. The van der Waals surface area contributed by atoms with Crippen LogP contribution >= 0.6 is 0 Å². The van der Waals surface area contributed by atoms with E-state index in [1.807, 2.05) is 25.1 Å². The van der Waals surface area contributed by atoms with E-state index in [1.165, 1.54) is 4.31 Å². The number of ether oxygens (including phenoxy) is 2. The molecule has 2 aliphatic heterocycles. The van der Waals surface area contributed by atoms with Crippen LogP contribution in [0.3, 0.4) is 0 Å². The summed E-state index contributed by atoms with van der Waals surface area (Å²) < 4.78 is 39.8. The fourth-order valence-corrected chi connectivity index (χ4v) is 4.09. The summed E-state index contributed by atoms with van der Waals surface area (Å²) in [6, 6.07) is 5.22. The third-order valence-electron chi connectivity index (χ3n) is 3.80. The molecule has 1 fully saturated rings. The topological polar surface area (TPSA) is 67.9 Å². The first kappa shape index (κ1) is 14.6. The molecule has 3 rings (SSSR count). The molecule has 0 saturated carbocycles. The quantitative estimate of drug-likeness (QED) is 0.914. The summed E-state index contributed by atoms with van der Waals surface area (Å²) in [5.41, 5.74) is 0.863. The predicted octanol–water partition coefficient (Wildman–Crippen LogP) is 1.45. The molecule has 0 spiro atoms. The van der Waals surface area contributed by atoms with Gasteiger partial charge in [0.15, 0.2) is 11.5 Å². The summed E-state index contributed by atoms with van der Waals surface area (Å²) in [5, 5.41) is 0. The predicted molar refractivity (Wildman–Crippen MR) is 78.7 cm³/mol. The van der Waals surface area contributed by atoms with Crippen molar-refractivity contribution in [2.75, 3.05) is 26.3 Å². The van der Waals surface area contributed by atoms with Gasteiger partial charge in [0.25, 0.3) is 10.2 Å². The third kappa shape index (κ3) is 3.14. The van der Waals surface area contributed by atoms with Crippen molar-refractivity contribution in [1.29, 1.82) is 0 Å². The maximum atomic E-state index is 12.3. The average Bonchev–Trinajstić information content (AvgIpc) is 3.01. The van der Waals surface area contributed by atoms with Crippen molar-refractivity contribution in [3.63, 3.8) is 0 Å². The smallest absolute Gasteiger partial charge is 0.279 e. The van der Waals surface area contributed by atoms with Gasteiger partial charge in [0.05, 0.1) is 0 Å². The Balaban J connectivity index is 1.74. The number of hydrogen-bond acceptors (Lipinski definition) is 4. The molecule has 1 aromatic carbocycles. The van der Waals surface area contributed by atoms with E-state index in [0.717, 1.165) is 18.4 Å². The summed E-state index contributed by atoms with van der Waals surface area (Å²) >= 11 is 0. The number of nitrogens with one attached hydrogen (secondary N) is 1. The molecule has 0 radical (unpaired) electrons. The first-order valence-corrected chi connectivity index (χ1v) is 8.67. The summed E-state index contributed by atoms with van der Waals surface area (Å²) in [6.07, 6.45) is 1.86. The van der Waals surface area contributed by atoms with Crippen LogP contribution in [0.4, 0.5) is 0 Å². The van der Waals surface area contributed by atoms with Gasteiger partial charge in [0, 0.05) is 19.1 Å². The molecule has 116 valence electrons. The molecular formula is C14H20N2O4S. The fraction of sp³-hybridized carbons (Fsp3) is 0.571. The van der Waals surface area contributed by atoms with E-state index in [-0.39, 0.29) is 6.04 Å². The highest BCUT2D eigenvalue weighted by Crippen LogP contribution is 2.32. The number of benzene rings is 1. The Kier molecular flexibility index (Phi) is 4.05. The van der Waals surface area contributed by atoms with Crippen LogP contribution in [0.25, 0.3) is 0 Å². The molecule has 1 aromatic rings. The standard InChI is InChI=1S/C14H20N2O4S/c1-11(15-21(17,18)16-6-2-3-7-16)12-4-5-13-14(10-12)20-9-8-19-13/h4-5,10-11,15H,2-3,6-9H2,1H3. The maximum absolute atomic E-state index is 12.3. The van der Waals surface area contributed by atoms with Gasteiger partial charge in [0.2, 0.25) is 0 Å². The molecule has 0 bridgehead atoms. The van der Waals surface area contributed by atoms with E-state index in [9.17, 15) is 8.42 Å². The van der Waals surface area contributed by atoms with E-state index < -0.39 is 10.2 Å². The minimum absolute atomic E-state index is 0.313. The zero-order valence-electron chi connectivity index (χ0n) is 12.0. The molecule has 0 aliphatic carbocycles. The van der Waals surface area contributed by atoms with Crippen LogP contribution in [0.1, 0.15) is 31.4 Å². The van der Waals surface area contributed by atoms with Gasteiger partial charge >= 0.3 is 0 Å². The van der Waals surface area contributed by atoms with Gasteiger partial charge in [-0.15, -0.1) is 0 Å². The van der Waals surface area contributed by atoms with Crippen molar-refractivity contribution in [3.05, 3.63) is 23.8 Å². The molecule has 1 N–H and O–H groups in total. The maximum Gasteiger partial charge on any atom is 0.279 e. The highest BCUT2D eigenvalue weighted by atomic mass is 32.2. The van der Waals surface area contributed by atoms with Gasteiger partial charge in [0.1, 0.15) is 13.2 Å². The minimum atomic E-state index is -3.42. The fourth-order valence-electron chi connectivity index (χ4n) is 2.62. The third-order valence-corrected chi connectivity index (χ3v) is 5.49. The Labute approximate surface area is 125 Å². The Bertz CT molecular complexity index is 611. The Morgan fingerprint density at radius 3 is 2.52 bits per heavy atom. The zero-order chi connectivity index (χ0) is 14.9. The first-order chi connectivity index (χ1) is 10.1. The Hall–Kier alpha value is -1.31. The van der Waals surface area contributed by atoms with Gasteiger partial charge in [-0.2, -0.15) is 17.4 Å². The molecule has 2 heterocycles. The summed E-state index contributed by atoms with van der Waals surface area (Å²) in [4.78, 5) is 0. The van der Waals surface area contributed by atoms with E-state index in [4.69, 9.17) is 9.47 Å². The van der Waals surface area contributed by atoms with E-state index in [1.54, 1.807) is 0 Å². The second-order valence-corrected chi connectivity index (χ2v) is 7.06. The van der Waals surface area contributed by atoms with Crippen LogP contribution in [0.5, 0.6) is 11.5 Å². The molecule has 1 atom stereocenters. The molecule has 6 nitrogen and oxygen atoms in total. The van der Waals surface area contributed by atoms with Crippen LogP contribution in [-0.4, -0.2) is 39.0 Å². The minimum Gasteiger partial charge on any atom is -0.486 e. The van der Waals surface area contributed by atoms with Crippen LogP contribution in [0, 0.1) is 0 Å². The second kappa shape index (κ2) is 5.82. The molecule has 1 unspecified atom stereocenters. The highest BCUT2D eigenvalue weighted by molar-refractivity contribution is 7.87. The molecule has 1 saturated heterocycles. The summed E-state index contributed by atoms with van der Waals surface area (Å²) in [5.74, 6) is 1.38. The van der Waals surface area contributed by atoms with Crippen LogP contribution in [-0.2, 0) is 10.2 Å². The highest BCUT2D eigenvalue weighted by Gasteiger charge is 2.27. The van der Waals surface area contributed by atoms with Crippen LogP contribution < -0.4 is 14.2 Å². The summed E-state index contributed by atoms with van der Waals surface area (Å²) in [7, 11) is -3.42. The first-order valence-electron chi connectivity index (χ1n) is 7.23.